The third-order valence-corrected chi connectivity index (χ3v) is 4.83. The molecule has 8 nitrogen and oxygen atoms in total. The fourth-order valence-electron chi connectivity index (χ4n) is 3.38. The van der Waals surface area contributed by atoms with Gasteiger partial charge >= 0.3 is 0 Å². The second-order valence-electron chi connectivity index (χ2n) is 7.91. The van der Waals surface area contributed by atoms with E-state index in [1.165, 1.54) is 0 Å². The zero-order valence-corrected chi connectivity index (χ0v) is 18.4. The highest BCUT2D eigenvalue weighted by Gasteiger charge is 2.13. The van der Waals surface area contributed by atoms with E-state index in [-0.39, 0.29) is 5.91 Å². The molecule has 0 bridgehead atoms. The second kappa shape index (κ2) is 10.3. The molecule has 0 atom stereocenters. The van der Waals surface area contributed by atoms with Crippen LogP contribution in [0.1, 0.15) is 51.4 Å². The Kier molecular flexibility index (Phi) is 7.57. The lowest BCUT2D eigenvalue weighted by molar-refractivity contribution is -0.121. The largest absolute Gasteiger partial charge is 0.377 e. The number of rotatable bonds is 11. The van der Waals surface area contributed by atoms with Gasteiger partial charge in [0.05, 0.1) is 17.6 Å². The van der Waals surface area contributed by atoms with E-state index in [0.717, 1.165) is 53.3 Å². The molecular weight excluding hydrogens is 380 g/mol. The number of fused-ring (bicyclic) bond motifs is 3. The van der Waals surface area contributed by atoms with Crippen LogP contribution in [0.25, 0.3) is 16.7 Å². The van der Waals surface area contributed by atoms with Crippen molar-refractivity contribution in [3.8, 4) is 0 Å². The fourth-order valence-corrected chi connectivity index (χ4v) is 3.38. The number of carbonyl (C=O) groups excluding carboxylic acids is 1. The van der Waals surface area contributed by atoms with Gasteiger partial charge in [0.15, 0.2) is 5.82 Å². The maximum atomic E-state index is 11.7. The summed E-state index contributed by atoms with van der Waals surface area (Å²) in [5, 5.41) is 14.9. The molecule has 30 heavy (non-hydrogen) atoms. The Labute approximate surface area is 177 Å². The minimum Gasteiger partial charge on any atom is -0.377 e. The van der Waals surface area contributed by atoms with Crippen LogP contribution in [0.2, 0.25) is 0 Å². The molecule has 0 saturated carbocycles. The average Bonchev–Trinajstić information content (AvgIpc) is 3.10. The number of aromatic nitrogens is 4. The number of hydrogen-bond donors (Lipinski definition) is 2. The SMILES string of the molecule is CCOCc1ccc2c(c1)nc(NCCCCNC(=O)CC(C)C)c1nnc(C)n12. The van der Waals surface area contributed by atoms with Gasteiger partial charge in [-0.25, -0.2) is 4.98 Å². The summed E-state index contributed by atoms with van der Waals surface area (Å²) in [4.78, 5) is 16.5. The first kappa shape index (κ1) is 22.0. The van der Waals surface area contributed by atoms with Crippen LogP contribution in [0, 0.1) is 12.8 Å². The normalized spacial score (nSPS) is 11.5. The standard InChI is InChI=1S/C22H32N6O2/c1-5-30-14-17-8-9-19-18(13-17)25-21(22-27-26-16(4)28(19)22)24-11-7-6-10-23-20(29)12-15(2)3/h8-9,13,15H,5-7,10-12,14H2,1-4H3,(H,23,29)(H,24,25). The van der Waals surface area contributed by atoms with E-state index >= 15 is 0 Å². The molecule has 0 radical (unpaired) electrons. The van der Waals surface area contributed by atoms with Crippen molar-refractivity contribution >= 4 is 28.4 Å². The summed E-state index contributed by atoms with van der Waals surface area (Å²) >= 11 is 0. The monoisotopic (exact) mass is 412 g/mol. The molecular formula is C22H32N6O2. The number of hydrogen-bond acceptors (Lipinski definition) is 6. The minimum absolute atomic E-state index is 0.123. The molecule has 3 aromatic rings. The lowest BCUT2D eigenvalue weighted by atomic mass is 10.1. The summed E-state index contributed by atoms with van der Waals surface area (Å²) in [5.74, 6) is 2.05. The number of anilines is 1. The molecule has 0 fully saturated rings. The van der Waals surface area contributed by atoms with Crippen molar-refractivity contribution in [2.45, 2.75) is 53.6 Å². The van der Waals surface area contributed by atoms with Gasteiger partial charge < -0.3 is 15.4 Å². The summed E-state index contributed by atoms with van der Waals surface area (Å²) in [6.45, 7) is 10.7. The Morgan fingerprint density at radius 2 is 2.00 bits per heavy atom. The highest BCUT2D eigenvalue weighted by atomic mass is 16.5. The number of aryl methyl sites for hydroxylation is 1. The summed E-state index contributed by atoms with van der Waals surface area (Å²) < 4.78 is 7.56. The van der Waals surface area contributed by atoms with Crippen molar-refractivity contribution < 1.29 is 9.53 Å². The number of benzene rings is 1. The molecule has 2 heterocycles. The topological polar surface area (TPSA) is 93.4 Å². The van der Waals surface area contributed by atoms with Gasteiger partial charge in [-0.3, -0.25) is 9.20 Å². The summed E-state index contributed by atoms with van der Waals surface area (Å²) in [6, 6.07) is 6.15. The molecule has 2 N–H and O–H groups in total. The molecule has 1 aromatic carbocycles. The Morgan fingerprint density at radius 3 is 2.77 bits per heavy atom. The minimum atomic E-state index is 0.123. The third-order valence-electron chi connectivity index (χ3n) is 4.83. The van der Waals surface area contributed by atoms with Crippen LogP contribution in [0.5, 0.6) is 0 Å². The molecule has 0 aliphatic carbocycles. The van der Waals surface area contributed by atoms with Crippen LogP contribution in [0.4, 0.5) is 5.82 Å². The lowest BCUT2D eigenvalue weighted by Crippen LogP contribution is -2.25. The average molecular weight is 413 g/mol. The number of nitrogens with zero attached hydrogens (tertiary/aromatic N) is 4. The van der Waals surface area contributed by atoms with Gasteiger partial charge in [0.1, 0.15) is 5.82 Å². The van der Waals surface area contributed by atoms with Gasteiger partial charge in [-0.05, 0) is 50.3 Å². The molecule has 3 rings (SSSR count). The van der Waals surface area contributed by atoms with Crippen molar-refractivity contribution in [2.75, 3.05) is 25.0 Å². The van der Waals surface area contributed by atoms with E-state index in [0.29, 0.717) is 32.1 Å². The Balaban J connectivity index is 1.66. The van der Waals surface area contributed by atoms with Crippen molar-refractivity contribution in [3.05, 3.63) is 29.6 Å². The summed E-state index contributed by atoms with van der Waals surface area (Å²) in [6.07, 6.45) is 2.41. The van der Waals surface area contributed by atoms with Gasteiger partial charge in [-0.2, -0.15) is 0 Å². The second-order valence-corrected chi connectivity index (χ2v) is 7.91. The Bertz CT molecular complexity index is 998. The van der Waals surface area contributed by atoms with E-state index in [2.05, 4.69) is 33.0 Å². The first-order valence-corrected chi connectivity index (χ1v) is 10.7. The Morgan fingerprint density at radius 1 is 1.20 bits per heavy atom. The number of amides is 1. The van der Waals surface area contributed by atoms with Crippen LogP contribution in [0.15, 0.2) is 18.2 Å². The van der Waals surface area contributed by atoms with Crippen LogP contribution < -0.4 is 10.6 Å². The van der Waals surface area contributed by atoms with Crippen molar-refractivity contribution in [1.29, 1.82) is 0 Å². The molecule has 0 saturated heterocycles. The summed E-state index contributed by atoms with van der Waals surface area (Å²) in [5.41, 5.74) is 3.67. The van der Waals surface area contributed by atoms with Crippen molar-refractivity contribution in [3.63, 3.8) is 0 Å². The van der Waals surface area contributed by atoms with Gasteiger partial charge in [-0.15, -0.1) is 10.2 Å². The predicted octanol–water partition coefficient (Wildman–Crippen LogP) is 3.48. The molecule has 0 unspecified atom stereocenters. The van der Waals surface area contributed by atoms with E-state index in [9.17, 15) is 4.79 Å². The fraction of sp³-hybridized carbons (Fsp3) is 0.545. The number of unbranched alkanes of at least 4 members (excludes halogenated alkanes) is 1. The number of carbonyl (C=O) groups is 1. The van der Waals surface area contributed by atoms with E-state index in [1.807, 2.05) is 38.2 Å². The maximum Gasteiger partial charge on any atom is 0.220 e. The number of ether oxygens (including phenoxy) is 1. The quantitative estimate of drug-likeness (QED) is 0.468. The van der Waals surface area contributed by atoms with Crippen molar-refractivity contribution in [2.24, 2.45) is 5.92 Å². The van der Waals surface area contributed by atoms with Crippen LogP contribution in [0.3, 0.4) is 0 Å². The molecule has 162 valence electrons. The molecule has 0 aliphatic heterocycles. The third kappa shape index (κ3) is 5.44. The summed E-state index contributed by atoms with van der Waals surface area (Å²) in [7, 11) is 0. The zero-order chi connectivity index (χ0) is 21.5. The molecule has 1 amide bonds. The molecule has 8 heteroatoms. The first-order valence-electron chi connectivity index (χ1n) is 10.7. The van der Waals surface area contributed by atoms with Crippen molar-refractivity contribution in [1.82, 2.24) is 24.9 Å². The van der Waals surface area contributed by atoms with Crippen LogP contribution in [-0.2, 0) is 16.1 Å². The molecule has 0 aliphatic rings. The Hall–Kier alpha value is -2.74. The predicted molar refractivity (Wildman–Crippen MR) is 119 cm³/mol. The van der Waals surface area contributed by atoms with Crippen LogP contribution >= 0.6 is 0 Å². The van der Waals surface area contributed by atoms with Gasteiger partial charge in [0, 0.05) is 26.1 Å². The van der Waals surface area contributed by atoms with Crippen LogP contribution in [-0.4, -0.2) is 45.2 Å². The van der Waals surface area contributed by atoms with Gasteiger partial charge in [-0.1, -0.05) is 19.9 Å². The zero-order valence-electron chi connectivity index (χ0n) is 18.4. The van der Waals surface area contributed by atoms with Gasteiger partial charge in [0.2, 0.25) is 11.6 Å². The smallest absolute Gasteiger partial charge is 0.220 e. The van der Waals surface area contributed by atoms with E-state index < -0.39 is 0 Å². The molecule has 2 aromatic heterocycles. The molecule has 0 spiro atoms. The van der Waals surface area contributed by atoms with E-state index in [1.54, 1.807) is 0 Å². The maximum absolute atomic E-state index is 11.7. The number of nitrogens with one attached hydrogen (secondary N) is 2. The highest BCUT2D eigenvalue weighted by Crippen LogP contribution is 2.23. The lowest BCUT2D eigenvalue weighted by Gasteiger charge is -2.11. The first-order chi connectivity index (χ1) is 14.5. The highest BCUT2D eigenvalue weighted by molar-refractivity contribution is 5.83. The van der Waals surface area contributed by atoms with Gasteiger partial charge in [0.25, 0.3) is 0 Å². The van der Waals surface area contributed by atoms with E-state index in [4.69, 9.17) is 9.72 Å².